The van der Waals surface area contributed by atoms with Gasteiger partial charge in [-0.1, -0.05) is 6.08 Å². The van der Waals surface area contributed by atoms with Crippen molar-refractivity contribution in [1.82, 2.24) is 20.0 Å². The van der Waals surface area contributed by atoms with Crippen molar-refractivity contribution < 1.29 is 0 Å². The van der Waals surface area contributed by atoms with Gasteiger partial charge in [-0.25, -0.2) is 0 Å². The van der Waals surface area contributed by atoms with Gasteiger partial charge >= 0.3 is 0 Å². The van der Waals surface area contributed by atoms with Gasteiger partial charge in [0.25, 0.3) is 0 Å². The Bertz CT molecular complexity index is 579. The maximum absolute atomic E-state index is 4.36. The lowest BCUT2D eigenvalue weighted by molar-refractivity contribution is 0.103. The molecule has 2 heterocycles. The second-order valence-corrected chi connectivity index (χ2v) is 5.81. The molecule has 21 heavy (non-hydrogen) atoms. The molecule has 114 valence electrons. The van der Waals surface area contributed by atoms with E-state index in [1.165, 1.54) is 0 Å². The molecule has 1 aliphatic heterocycles. The molecular formula is C16H25N5. The van der Waals surface area contributed by atoms with Crippen LogP contribution in [0.3, 0.4) is 0 Å². The van der Waals surface area contributed by atoms with Gasteiger partial charge in [0.05, 0.1) is 16.9 Å². The van der Waals surface area contributed by atoms with E-state index in [1.54, 1.807) is 0 Å². The van der Waals surface area contributed by atoms with Crippen LogP contribution in [0.4, 0.5) is 0 Å². The molecule has 0 saturated carbocycles. The summed E-state index contributed by atoms with van der Waals surface area (Å²) in [6.07, 6.45) is 8.43. The molecule has 0 radical (unpaired) electrons. The van der Waals surface area contributed by atoms with Gasteiger partial charge in [0.2, 0.25) is 0 Å². The average Bonchev–Trinajstić information content (AvgIpc) is 3.03. The van der Waals surface area contributed by atoms with Gasteiger partial charge in [-0.05, 0) is 46.8 Å². The third-order valence-electron chi connectivity index (χ3n) is 4.01. The van der Waals surface area contributed by atoms with E-state index in [1.807, 2.05) is 33.0 Å². The highest BCUT2D eigenvalue weighted by atomic mass is 15.4. The van der Waals surface area contributed by atoms with Crippen molar-refractivity contribution in [2.24, 2.45) is 4.99 Å². The zero-order valence-corrected chi connectivity index (χ0v) is 13.8. The molecule has 0 aliphatic carbocycles. The Balaban J connectivity index is 2.26. The maximum atomic E-state index is 4.36. The van der Waals surface area contributed by atoms with Gasteiger partial charge in [0, 0.05) is 19.4 Å². The molecule has 1 aliphatic rings. The molecule has 0 aromatic carbocycles. The van der Waals surface area contributed by atoms with Crippen LogP contribution in [-0.4, -0.2) is 39.0 Å². The molecule has 0 fully saturated rings. The number of allylic oxidation sites excluding steroid dienone is 1. The lowest BCUT2D eigenvalue weighted by Gasteiger charge is -2.40. The Hall–Kier alpha value is -2.04. The molecular weight excluding hydrogens is 262 g/mol. The molecule has 1 aromatic heterocycles. The highest BCUT2D eigenvalue weighted by Crippen LogP contribution is 2.33. The van der Waals surface area contributed by atoms with Crippen LogP contribution in [0.2, 0.25) is 0 Å². The predicted octanol–water partition coefficient (Wildman–Crippen LogP) is 2.99. The minimum absolute atomic E-state index is 0.166. The smallest absolute Gasteiger partial charge is 0.128 e. The van der Waals surface area contributed by atoms with Gasteiger partial charge in [-0.3, -0.25) is 10.1 Å². The number of rotatable bonds is 3. The first kappa shape index (κ1) is 15.4. The first-order valence-corrected chi connectivity index (χ1v) is 7.29. The Labute approximate surface area is 127 Å². The highest BCUT2D eigenvalue weighted by Gasteiger charge is 2.37. The molecule has 2 rings (SSSR count). The van der Waals surface area contributed by atoms with Crippen molar-refractivity contribution in [2.75, 3.05) is 7.05 Å². The topological polar surface area (TPSA) is 47.5 Å². The lowest BCUT2D eigenvalue weighted by atomic mass is 9.98. The Morgan fingerprint density at radius 2 is 2.14 bits per heavy atom. The van der Waals surface area contributed by atoms with Crippen molar-refractivity contribution in [3.63, 3.8) is 0 Å². The standard InChI is InChI=1S/C16H25N5/c1-7-8-15(17-6)20-9-10-21(13(20)3)16(4,5)14-11-12(2)18-19-14/h7-11,13H,1-6H3,(H,18,19)/b8-7-,17-15-/t13-/m1/s1. The van der Waals surface area contributed by atoms with Gasteiger partial charge in [-0.2, -0.15) is 5.10 Å². The van der Waals surface area contributed by atoms with Gasteiger partial charge in [0.15, 0.2) is 0 Å². The molecule has 5 heteroatoms. The van der Waals surface area contributed by atoms with Crippen molar-refractivity contribution in [3.05, 3.63) is 42.0 Å². The fraction of sp³-hybridized carbons (Fsp3) is 0.500. The summed E-state index contributed by atoms with van der Waals surface area (Å²) < 4.78 is 0. The van der Waals surface area contributed by atoms with Crippen LogP contribution in [0.25, 0.3) is 0 Å². The molecule has 0 spiro atoms. The van der Waals surface area contributed by atoms with Crippen LogP contribution in [0.1, 0.15) is 39.1 Å². The van der Waals surface area contributed by atoms with E-state index >= 15 is 0 Å². The zero-order chi connectivity index (χ0) is 15.6. The molecule has 0 saturated heterocycles. The number of aliphatic imine (C=N–C) groups is 1. The van der Waals surface area contributed by atoms with E-state index in [0.29, 0.717) is 0 Å². The van der Waals surface area contributed by atoms with Gasteiger partial charge < -0.3 is 9.80 Å². The molecule has 0 unspecified atom stereocenters. The van der Waals surface area contributed by atoms with Gasteiger partial charge in [0.1, 0.15) is 12.0 Å². The largest absolute Gasteiger partial charge is 0.345 e. The van der Waals surface area contributed by atoms with E-state index in [4.69, 9.17) is 0 Å². The maximum Gasteiger partial charge on any atom is 0.128 e. The second-order valence-electron chi connectivity index (χ2n) is 5.81. The van der Waals surface area contributed by atoms with Crippen LogP contribution in [0, 0.1) is 6.92 Å². The molecule has 0 bridgehead atoms. The van der Waals surface area contributed by atoms with E-state index < -0.39 is 0 Å². The number of hydrogen-bond acceptors (Lipinski definition) is 3. The summed E-state index contributed by atoms with van der Waals surface area (Å²) >= 11 is 0. The third kappa shape index (κ3) is 2.73. The van der Waals surface area contributed by atoms with E-state index in [0.717, 1.165) is 17.2 Å². The van der Waals surface area contributed by atoms with Crippen LogP contribution in [0.15, 0.2) is 35.6 Å². The number of amidine groups is 1. The SMILES string of the molecule is C/C=C\C(=N\C)N1C=CN(C(C)(C)c2cc(C)n[nH]2)[C@@H]1C. The lowest BCUT2D eigenvalue weighted by Crippen LogP contribution is -2.47. The zero-order valence-electron chi connectivity index (χ0n) is 13.8. The second kappa shape index (κ2) is 5.76. The van der Waals surface area contributed by atoms with Crippen LogP contribution in [-0.2, 0) is 5.54 Å². The monoisotopic (exact) mass is 287 g/mol. The number of aryl methyl sites for hydroxylation is 1. The van der Waals surface area contributed by atoms with E-state index in [-0.39, 0.29) is 11.7 Å². The first-order valence-electron chi connectivity index (χ1n) is 7.29. The summed E-state index contributed by atoms with van der Waals surface area (Å²) in [6, 6.07) is 2.10. The number of nitrogens with zero attached hydrogens (tertiary/aromatic N) is 4. The summed E-state index contributed by atoms with van der Waals surface area (Å²) in [5, 5.41) is 7.39. The van der Waals surface area contributed by atoms with E-state index in [9.17, 15) is 0 Å². The Morgan fingerprint density at radius 1 is 1.43 bits per heavy atom. The van der Waals surface area contributed by atoms with Crippen LogP contribution >= 0.6 is 0 Å². The summed E-state index contributed by atoms with van der Waals surface area (Å²) in [5.74, 6) is 0.959. The minimum atomic E-state index is -0.166. The van der Waals surface area contributed by atoms with Crippen molar-refractivity contribution >= 4 is 5.84 Å². The molecule has 1 aromatic rings. The summed E-state index contributed by atoms with van der Waals surface area (Å²) in [5.41, 5.74) is 1.95. The number of hydrogen-bond donors (Lipinski definition) is 1. The quantitative estimate of drug-likeness (QED) is 0.687. The average molecular weight is 287 g/mol. The summed E-state index contributed by atoms with van der Waals surface area (Å²) in [6.45, 7) is 10.6. The van der Waals surface area contributed by atoms with Crippen molar-refractivity contribution in [1.29, 1.82) is 0 Å². The summed E-state index contributed by atoms with van der Waals surface area (Å²) in [4.78, 5) is 8.85. The fourth-order valence-corrected chi connectivity index (χ4v) is 2.75. The van der Waals surface area contributed by atoms with Crippen molar-refractivity contribution in [2.45, 2.75) is 46.3 Å². The molecule has 0 amide bonds. The number of nitrogens with one attached hydrogen (secondary N) is 1. The van der Waals surface area contributed by atoms with Crippen molar-refractivity contribution in [3.8, 4) is 0 Å². The predicted molar refractivity (Wildman–Crippen MR) is 86.8 cm³/mol. The number of H-pyrrole nitrogens is 1. The molecule has 1 atom stereocenters. The number of aromatic amines is 1. The highest BCUT2D eigenvalue weighted by molar-refractivity contribution is 5.93. The molecule has 5 nitrogen and oxygen atoms in total. The van der Waals surface area contributed by atoms with Crippen LogP contribution in [0.5, 0.6) is 0 Å². The Morgan fingerprint density at radius 3 is 2.67 bits per heavy atom. The van der Waals surface area contributed by atoms with E-state index in [2.05, 4.69) is 64.2 Å². The normalized spacial score (nSPS) is 20.1. The van der Waals surface area contributed by atoms with Gasteiger partial charge in [-0.15, -0.1) is 0 Å². The third-order valence-corrected chi connectivity index (χ3v) is 4.01. The fourth-order valence-electron chi connectivity index (χ4n) is 2.75. The summed E-state index contributed by atoms with van der Waals surface area (Å²) in [7, 11) is 1.82. The number of aromatic nitrogens is 2. The first-order chi connectivity index (χ1) is 9.91. The van der Waals surface area contributed by atoms with Crippen LogP contribution < -0.4 is 0 Å². The Kier molecular flexibility index (Phi) is 4.21. The molecule has 1 N–H and O–H groups in total. The minimum Gasteiger partial charge on any atom is -0.345 e.